The quantitative estimate of drug-likeness (QED) is 0.384. The average Bonchev–Trinajstić information content (AvgIpc) is 3.01. The number of ketones is 1. The van der Waals surface area contributed by atoms with E-state index in [0.717, 1.165) is 28.9 Å². The van der Waals surface area contributed by atoms with Crippen LogP contribution in [-0.4, -0.2) is 60.4 Å². The number of hydrogen-bond donors (Lipinski definition) is 1. The van der Waals surface area contributed by atoms with E-state index >= 15 is 0 Å². The van der Waals surface area contributed by atoms with E-state index in [-0.39, 0.29) is 11.3 Å². The minimum atomic E-state index is -0.657. The van der Waals surface area contributed by atoms with Crippen LogP contribution >= 0.6 is 0 Å². The predicted molar refractivity (Wildman–Crippen MR) is 126 cm³/mol. The lowest BCUT2D eigenvalue weighted by atomic mass is 9.94. The molecule has 1 heterocycles. The highest BCUT2D eigenvalue weighted by molar-refractivity contribution is 6.46. The molecule has 1 N–H and O–H groups in total. The first-order chi connectivity index (χ1) is 15.2. The van der Waals surface area contributed by atoms with E-state index in [4.69, 9.17) is 4.74 Å². The number of carbonyl (C=O) groups excluding carboxylic acids is 2. The highest BCUT2D eigenvalue weighted by Gasteiger charge is 2.45. The molecule has 32 heavy (non-hydrogen) atoms. The number of hydrogen-bond acceptors (Lipinski definition) is 5. The molecule has 0 unspecified atom stereocenters. The molecule has 0 spiro atoms. The Balaban J connectivity index is 2.09. The van der Waals surface area contributed by atoms with Gasteiger partial charge in [-0.25, -0.2) is 0 Å². The first-order valence-corrected chi connectivity index (χ1v) is 11.0. The molecule has 3 rings (SSSR count). The number of aliphatic hydroxyl groups excluding tert-OH is 1. The third-order valence-corrected chi connectivity index (χ3v) is 5.63. The molecule has 2 aromatic rings. The topological polar surface area (TPSA) is 70.1 Å². The van der Waals surface area contributed by atoms with E-state index in [1.807, 2.05) is 64.0 Å². The van der Waals surface area contributed by atoms with Gasteiger partial charge < -0.3 is 19.6 Å². The Bertz CT molecular complexity index is 1020. The standard InChI is InChI=1S/C26H32N2O4/c1-6-15-32-21-12-11-20(16-18(21)3)24(29)22-23(19-9-7-17(2)8-10-19)28(14-13-27(4)5)26(31)25(22)30/h7-12,16,23,29H,6,13-15H2,1-5H3/t23-/m1/s1. The van der Waals surface area contributed by atoms with Gasteiger partial charge in [-0.1, -0.05) is 36.8 Å². The molecule has 2 aromatic carbocycles. The third-order valence-electron chi connectivity index (χ3n) is 5.63. The number of carbonyl (C=O) groups is 2. The summed E-state index contributed by atoms with van der Waals surface area (Å²) in [5.41, 5.74) is 3.36. The number of aliphatic hydroxyl groups is 1. The van der Waals surface area contributed by atoms with Crippen LogP contribution in [0.4, 0.5) is 0 Å². The number of Topliss-reactive ketones (excluding diaryl/α,β-unsaturated/α-hetero) is 1. The molecule has 0 saturated carbocycles. The fourth-order valence-electron chi connectivity index (χ4n) is 3.84. The van der Waals surface area contributed by atoms with Gasteiger partial charge in [-0.05, 0) is 63.7 Å². The van der Waals surface area contributed by atoms with E-state index in [2.05, 4.69) is 0 Å². The maximum atomic E-state index is 13.1. The van der Waals surface area contributed by atoms with Crippen LogP contribution in [-0.2, 0) is 9.59 Å². The van der Waals surface area contributed by atoms with Gasteiger partial charge in [0, 0.05) is 18.7 Å². The van der Waals surface area contributed by atoms with E-state index in [0.29, 0.717) is 25.3 Å². The molecule has 1 aliphatic rings. The van der Waals surface area contributed by atoms with Crippen molar-refractivity contribution < 1.29 is 19.4 Å². The fraction of sp³-hybridized carbons (Fsp3) is 0.385. The lowest BCUT2D eigenvalue weighted by Crippen LogP contribution is -2.35. The number of likely N-dealkylation sites (N-methyl/N-ethyl adjacent to an activating group) is 1. The van der Waals surface area contributed by atoms with Gasteiger partial charge in [0.2, 0.25) is 0 Å². The van der Waals surface area contributed by atoms with Crippen LogP contribution < -0.4 is 4.74 Å². The van der Waals surface area contributed by atoms with Crippen LogP contribution in [0.5, 0.6) is 5.75 Å². The van der Waals surface area contributed by atoms with Crippen molar-refractivity contribution in [2.45, 2.75) is 33.2 Å². The SMILES string of the molecule is CCCOc1ccc(C(O)=C2C(=O)C(=O)N(CCN(C)C)[C@@H]2c2ccc(C)cc2)cc1C. The molecule has 0 aromatic heterocycles. The van der Waals surface area contributed by atoms with Crippen molar-refractivity contribution in [1.82, 2.24) is 9.80 Å². The summed E-state index contributed by atoms with van der Waals surface area (Å²) in [7, 11) is 3.84. The summed E-state index contributed by atoms with van der Waals surface area (Å²) in [6.45, 7) is 7.52. The van der Waals surface area contributed by atoms with Crippen molar-refractivity contribution >= 4 is 17.4 Å². The summed E-state index contributed by atoms with van der Waals surface area (Å²) < 4.78 is 5.73. The number of ether oxygens (including phenoxy) is 1. The third kappa shape index (κ3) is 4.86. The van der Waals surface area contributed by atoms with Gasteiger partial charge in [-0.3, -0.25) is 9.59 Å². The Morgan fingerprint density at radius 3 is 2.38 bits per heavy atom. The summed E-state index contributed by atoms with van der Waals surface area (Å²) in [6, 6.07) is 12.4. The second-order valence-electron chi connectivity index (χ2n) is 8.54. The Labute approximate surface area is 190 Å². The molecule has 6 nitrogen and oxygen atoms in total. The lowest BCUT2D eigenvalue weighted by Gasteiger charge is -2.26. The second kappa shape index (κ2) is 10.0. The van der Waals surface area contributed by atoms with Crippen molar-refractivity contribution in [1.29, 1.82) is 0 Å². The van der Waals surface area contributed by atoms with Crippen LogP contribution in [0.25, 0.3) is 5.76 Å². The Morgan fingerprint density at radius 1 is 1.09 bits per heavy atom. The molecular formula is C26H32N2O4. The summed E-state index contributed by atoms with van der Waals surface area (Å²) in [5, 5.41) is 11.2. The van der Waals surface area contributed by atoms with Crippen molar-refractivity contribution in [3.8, 4) is 5.75 Å². The molecule has 1 fully saturated rings. The Kier molecular flexibility index (Phi) is 7.36. The van der Waals surface area contributed by atoms with Crippen LogP contribution in [0.3, 0.4) is 0 Å². The maximum absolute atomic E-state index is 13.1. The number of likely N-dealkylation sites (tertiary alicyclic amines) is 1. The number of benzene rings is 2. The van der Waals surface area contributed by atoms with Crippen LogP contribution in [0, 0.1) is 13.8 Å². The smallest absolute Gasteiger partial charge is 0.295 e. The molecule has 0 aliphatic carbocycles. The fourth-order valence-corrected chi connectivity index (χ4v) is 3.84. The van der Waals surface area contributed by atoms with E-state index < -0.39 is 17.7 Å². The van der Waals surface area contributed by atoms with Crippen LogP contribution in [0.1, 0.15) is 41.6 Å². The molecule has 1 atom stereocenters. The van der Waals surface area contributed by atoms with Gasteiger partial charge in [0.15, 0.2) is 0 Å². The monoisotopic (exact) mass is 436 g/mol. The zero-order valence-electron chi connectivity index (χ0n) is 19.5. The van der Waals surface area contributed by atoms with E-state index in [9.17, 15) is 14.7 Å². The number of aryl methyl sites for hydroxylation is 2. The van der Waals surface area contributed by atoms with Gasteiger partial charge in [0.05, 0.1) is 18.2 Å². The molecule has 0 bridgehead atoms. The molecule has 170 valence electrons. The zero-order valence-corrected chi connectivity index (χ0v) is 19.5. The molecular weight excluding hydrogens is 404 g/mol. The van der Waals surface area contributed by atoms with E-state index in [1.54, 1.807) is 23.1 Å². The minimum Gasteiger partial charge on any atom is -0.507 e. The molecule has 6 heteroatoms. The number of nitrogens with zero attached hydrogens (tertiary/aromatic N) is 2. The summed E-state index contributed by atoms with van der Waals surface area (Å²) in [6.07, 6.45) is 0.897. The van der Waals surface area contributed by atoms with Crippen LogP contribution in [0.15, 0.2) is 48.0 Å². The molecule has 1 amide bonds. The number of amides is 1. The van der Waals surface area contributed by atoms with Crippen molar-refractivity contribution in [3.05, 3.63) is 70.3 Å². The summed E-state index contributed by atoms with van der Waals surface area (Å²) in [4.78, 5) is 29.5. The van der Waals surface area contributed by atoms with Crippen LogP contribution in [0.2, 0.25) is 0 Å². The Hall–Kier alpha value is -3.12. The largest absolute Gasteiger partial charge is 0.507 e. The molecule has 1 aliphatic heterocycles. The maximum Gasteiger partial charge on any atom is 0.295 e. The van der Waals surface area contributed by atoms with Crippen molar-refractivity contribution in [3.63, 3.8) is 0 Å². The van der Waals surface area contributed by atoms with Gasteiger partial charge >= 0.3 is 0 Å². The summed E-state index contributed by atoms with van der Waals surface area (Å²) in [5.74, 6) is -0.661. The first kappa shape index (κ1) is 23.5. The normalized spacial score (nSPS) is 17.9. The van der Waals surface area contributed by atoms with Crippen molar-refractivity contribution in [2.75, 3.05) is 33.8 Å². The van der Waals surface area contributed by atoms with E-state index in [1.165, 1.54) is 0 Å². The van der Waals surface area contributed by atoms with Gasteiger partial charge in [-0.2, -0.15) is 0 Å². The minimum absolute atomic E-state index is 0.124. The predicted octanol–water partition coefficient (Wildman–Crippen LogP) is 4.08. The van der Waals surface area contributed by atoms with Gasteiger partial charge in [0.25, 0.3) is 11.7 Å². The lowest BCUT2D eigenvalue weighted by molar-refractivity contribution is -0.140. The molecule has 1 saturated heterocycles. The van der Waals surface area contributed by atoms with Gasteiger partial charge in [-0.15, -0.1) is 0 Å². The Morgan fingerprint density at radius 2 is 1.78 bits per heavy atom. The first-order valence-electron chi connectivity index (χ1n) is 11.0. The highest BCUT2D eigenvalue weighted by atomic mass is 16.5. The zero-order chi connectivity index (χ0) is 23.4. The second-order valence-corrected chi connectivity index (χ2v) is 8.54. The highest BCUT2D eigenvalue weighted by Crippen LogP contribution is 2.39. The molecule has 0 radical (unpaired) electrons. The summed E-state index contributed by atoms with van der Waals surface area (Å²) >= 11 is 0. The number of rotatable bonds is 8. The average molecular weight is 437 g/mol. The van der Waals surface area contributed by atoms with Crippen molar-refractivity contribution in [2.24, 2.45) is 0 Å². The van der Waals surface area contributed by atoms with Gasteiger partial charge in [0.1, 0.15) is 11.5 Å².